The van der Waals surface area contributed by atoms with E-state index in [1.54, 1.807) is 21.6 Å². The SMILES string of the molecule is O=C(Nc1ccc2n(c1=O)C[C@@H]1C[C@@H]2CN(C(=O)Nc2ccc(F)cc2)C1)c1ccco1. The maximum Gasteiger partial charge on any atom is 0.321 e. The highest BCUT2D eigenvalue weighted by Crippen LogP contribution is 2.35. The van der Waals surface area contributed by atoms with Crippen molar-refractivity contribution in [2.75, 3.05) is 23.7 Å². The first kappa shape index (κ1) is 20.0. The molecule has 2 bridgehead atoms. The van der Waals surface area contributed by atoms with Gasteiger partial charge in [0.05, 0.1) is 6.26 Å². The van der Waals surface area contributed by atoms with Gasteiger partial charge in [0, 0.05) is 36.9 Å². The summed E-state index contributed by atoms with van der Waals surface area (Å²) in [6, 6.07) is 12.0. The molecule has 0 aliphatic carbocycles. The van der Waals surface area contributed by atoms with E-state index in [1.165, 1.54) is 36.6 Å². The molecule has 3 aromatic rings. The Hall–Kier alpha value is -3.88. The summed E-state index contributed by atoms with van der Waals surface area (Å²) in [4.78, 5) is 39.8. The van der Waals surface area contributed by atoms with E-state index in [4.69, 9.17) is 4.42 Å². The average molecular weight is 436 g/mol. The minimum Gasteiger partial charge on any atom is -0.459 e. The van der Waals surface area contributed by atoms with E-state index in [9.17, 15) is 18.8 Å². The van der Waals surface area contributed by atoms with Gasteiger partial charge in [0.15, 0.2) is 5.76 Å². The molecule has 4 heterocycles. The summed E-state index contributed by atoms with van der Waals surface area (Å²) in [5.41, 5.74) is 1.31. The van der Waals surface area contributed by atoms with Crippen LogP contribution in [0, 0.1) is 11.7 Å². The summed E-state index contributed by atoms with van der Waals surface area (Å²) < 4.78 is 19.9. The van der Waals surface area contributed by atoms with Crippen LogP contribution >= 0.6 is 0 Å². The topological polar surface area (TPSA) is 96.6 Å². The van der Waals surface area contributed by atoms with Crippen LogP contribution in [0.3, 0.4) is 0 Å². The molecule has 2 aliphatic heterocycles. The quantitative estimate of drug-likeness (QED) is 0.657. The number of likely N-dealkylation sites (tertiary alicyclic amines) is 1. The molecular weight excluding hydrogens is 415 g/mol. The lowest BCUT2D eigenvalue weighted by molar-refractivity contribution is 0.0996. The van der Waals surface area contributed by atoms with E-state index >= 15 is 0 Å². The molecular formula is C23H21FN4O4. The van der Waals surface area contributed by atoms with E-state index in [1.807, 2.05) is 6.07 Å². The van der Waals surface area contributed by atoms with E-state index < -0.39 is 5.91 Å². The fraction of sp³-hybridized carbons (Fsp3) is 0.261. The monoisotopic (exact) mass is 436 g/mol. The van der Waals surface area contributed by atoms with Crippen LogP contribution in [-0.2, 0) is 6.54 Å². The number of nitrogens with one attached hydrogen (secondary N) is 2. The Bertz CT molecular complexity index is 1220. The fourth-order valence-electron chi connectivity index (χ4n) is 4.53. The third-order valence-electron chi connectivity index (χ3n) is 5.98. The molecule has 32 heavy (non-hydrogen) atoms. The number of piperidine rings is 1. The molecule has 1 saturated heterocycles. The van der Waals surface area contributed by atoms with Gasteiger partial charge in [-0.2, -0.15) is 0 Å². The van der Waals surface area contributed by atoms with Gasteiger partial charge in [-0.15, -0.1) is 0 Å². The molecule has 0 spiro atoms. The van der Waals surface area contributed by atoms with E-state index in [0.717, 1.165) is 12.1 Å². The van der Waals surface area contributed by atoms with Crippen LogP contribution in [0.15, 0.2) is 64.0 Å². The lowest BCUT2D eigenvalue weighted by Gasteiger charge is -2.42. The summed E-state index contributed by atoms with van der Waals surface area (Å²) >= 11 is 0. The Balaban J connectivity index is 1.33. The Kier molecular flexibility index (Phi) is 5.01. The molecule has 1 fully saturated rings. The van der Waals surface area contributed by atoms with Crippen molar-refractivity contribution in [1.29, 1.82) is 0 Å². The van der Waals surface area contributed by atoms with Crippen molar-refractivity contribution < 1.29 is 18.4 Å². The molecule has 8 nitrogen and oxygen atoms in total. The van der Waals surface area contributed by atoms with Gasteiger partial charge < -0.3 is 24.5 Å². The summed E-state index contributed by atoms with van der Waals surface area (Å²) in [5.74, 6) is -0.575. The molecule has 0 unspecified atom stereocenters. The first-order valence-corrected chi connectivity index (χ1v) is 10.4. The predicted molar refractivity (Wildman–Crippen MR) is 115 cm³/mol. The lowest BCUT2D eigenvalue weighted by Crippen LogP contribution is -2.50. The Morgan fingerprint density at radius 2 is 1.81 bits per heavy atom. The molecule has 0 saturated carbocycles. The van der Waals surface area contributed by atoms with E-state index in [-0.39, 0.29) is 40.7 Å². The van der Waals surface area contributed by atoms with Crippen molar-refractivity contribution in [2.24, 2.45) is 5.92 Å². The fourth-order valence-corrected chi connectivity index (χ4v) is 4.53. The summed E-state index contributed by atoms with van der Waals surface area (Å²) in [7, 11) is 0. The number of benzene rings is 1. The van der Waals surface area contributed by atoms with Gasteiger partial charge >= 0.3 is 6.03 Å². The normalized spacial score (nSPS) is 19.2. The van der Waals surface area contributed by atoms with Crippen molar-refractivity contribution in [3.63, 3.8) is 0 Å². The zero-order valence-electron chi connectivity index (χ0n) is 17.1. The molecule has 5 rings (SSSR count). The van der Waals surface area contributed by atoms with Gasteiger partial charge in [-0.05, 0) is 60.9 Å². The third kappa shape index (κ3) is 3.77. The molecule has 9 heteroatoms. The smallest absolute Gasteiger partial charge is 0.321 e. The van der Waals surface area contributed by atoms with Gasteiger partial charge in [-0.25, -0.2) is 9.18 Å². The van der Waals surface area contributed by atoms with Crippen molar-refractivity contribution in [3.05, 3.63) is 82.4 Å². The van der Waals surface area contributed by atoms with E-state index in [2.05, 4.69) is 10.6 Å². The number of furan rings is 1. The van der Waals surface area contributed by atoms with Crippen LogP contribution in [-0.4, -0.2) is 34.5 Å². The summed E-state index contributed by atoms with van der Waals surface area (Å²) in [6.45, 7) is 1.45. The number of halogens is 1. The molecule has 3 amide bonds. The molecule has 1 aromatic carbocycles. The zero-order valence-corrected chi connectivity index (χ0v) is 17.1. The van der Waals surface area contributed by atoms with Gasteiger partial charge in [0.2, 0.25) is 0 Å². The second-order valence-electron chi connectivity index (χ2n) is 8.16. The summed E-state index contributed by atoms with van der Waals surface area (Å²) in [6.07, 6.45) is 2.28. The van der Waals surface area contributed by atoms with Crippen LogP contribution in [0.2, 0.25) is 0 Å². The Morgan fingerprint density at radius 1 is 1.00 bits per heavy atom. The highest BCUT2D eigenvalue weighted by molar-refractivity contribution is 6.02. The second kappa shape index (κ2) is 7.99. The number of hydrogen-bond donors (Lipinski definition) is 2. The van der Waals surface area contributed by atoms with E-state index in [0.29, 0.717) is 25.3 Å². The number of urea groups is 1. The van der Waals surface area contributed by atoms with Crippen molar-refractivity contribution in [3.8, 4) is 0 Å². The Labute approximate surface area is 182 Å². The van der Waals surface area contributed by atoms with Crippen LogP contribution < -0.4 is 16.2 Å². The maximum atomic E-state index is 13.1. The van der Waals surface area contributed by atoms with Gasteiger partial charge in [-0.3, -0.25) is 9.59 Å². The van der Waals surface area contributed by atoms with Crippen molar-refractivity contribution in [1.82, 2.24) is 9.47 Å². The van der Waals surface area contributed by atoms with Gasteiger partial charge in [0.1, 0.15) is 11.5 Å². The number of pyridine rings is 1. The number of anilines is 2. The summed E-state index contributed by atoms with van der Waals surface area (Å²) in [5, 5.41) is 5.42. The predicted octanol–water partition coefficient (Wildman–Crippen LogP) is 3.48. The molecule has 2 atom stereocenters. The number of hydrogen-bond acceptors (Lipinski definition) is 4. The highest BCUT2D eigenvalue weighted by Gasteiger charge is 2.36. The third-order valence-corrected chi connectivity index (χ3v) is 5.98. The standard InChI is InChI=1S/C23H21FN4O4/c24-16-3-5-17(6-4-16)25-23(31)27-11-14-10-15(13-27)19-8-7-18(22(30)28(19)12-14)26-21(29)20-2-1-9-32-20/h1-9,14-15H,10-13H2,(H,25,31)(H,26,29)/t14-,15-/m1/s1. The number of fused-ring (bicyclic) bond motifs is 4. The van der Waals surface area contributed by atoms with Crippen LogP contribution in [0.25, 0.3) is 0 Å². The molecule has 2 aliphatic rings. The van der Waals surface area contributed by atoms with Crippen LogP contribution in [0.1, 0.15) is 28.6 Å². The molecule has 0 radical (unpaired) electrons. The second-order valence-corrected chi connectivity index (χ2v) is 8.16. The minimum atomic E-state index is -0.479. The number of nitrogens with zero attached hydrogens (tertiary/aromatic N) is 2. The Morgan fingerprint density at radius 3 is 2.56 bits per heavy atom. The molecule has 2 aromatic heterocycles. The van der Waals surface area contributed by atoms with Crippen molar-refractivity contribution in [2.45, 2.75) is 18.9 Å². The first-order chi connectivity index (χ1) is 15.5. The number of carbonyl (C=O) groups excluding carboxylic acids is 2. The number of carbonyl (C=O) groups is 2. The first-order valence-electron chi connectivity index (χ1n) is 10.4. The zero-order chi connectivity index (χ0) is 22.2. The van der Waals surface area contributed by atoms with Gasteiger partial charge in [-0.1, -0.05) is 0 Å². The number of rotatable bonds is 3. The van der Waals surface area contributed by atoms with Crippen LogP contribution in [0.4, 0.5) is 20.6 Å². The minimum absolute atomic E-state index is 0.0176. The maximum absolute atomic E-state index is 13.1. The average Bonchev–Trinajstić information content (AvgIpc) is 3.32. The lowest BCUT2D eigenvalue weighted by atomic mass is 9.83. The largest absolute Gasteiger partial charge is 0.459 e. The van der Waals surface area contributed by atoms with Crippen LogP contribution in [0.5, 0.6) is 0 Å². The highest BCUT2D eigenvalue weighted by atomic mass is 19.1. The van der Waals surface area contributed by atoms with Gasteiger partial charge in [0.25, 0.3) is 11.5 Å². The molecule has 2 N–H and O–H groups in total. The molecule has 164 valence electrons. The van der Waals surface area contributed by atoms with Crippen molar-refractivity contribution >= 4 is 23.3 Å². The number of aromatic nitrogens is 1. The number of amides is 3.